The maximum Gasteiger partial charge on any atom is 0.293 e. The van der Waals surface area contributed by atoms with E-state index in [1.807, 2.05) is 24.3 Å². The molecule has 0 saturated carbocycles. The summed E-state index contributed by atoms with van der Waals surface area (Å²) in [6, 6.07) is 8.32. The molecule has 2 aliphatic heterocycles. The minimum absolute atomic E-state index is 0.128. The van der Waals surface area contributed by atoms with Gasteiger partial charge in [0, 0.05) is 19.5 Å². The number of amides is 2. The van der Waals surface area contributed by atoms with E-state index in [0.717, 1.165) is 0 Å². The van der Waals surface area contributed by atoms with Crippen LogP contribution in [-0.4, -0.2) is 47.6 Å². The van der Waals surface area contributed by atoms with Crippen LogP contribution in [0.2, 0.25) is 0 Å². The fourth-order valence-electron chi connectivity index (χ4n) is 3.16. The lowest BCUT2D eigenvalue weighted by atomic mass is 10.1. The number of fused-ring (bicyclic) bond motifs is 3. The number of carbonyl (C=O) groups is 2. The molecule has 0 unspecified atom stereocenters. The van der Waals surface area contributed by atoms with E-state index in [4.69, 9.17) is 9.26 Å². The summed E-state index contributed by atoms with van der Waals surface area (Å²) in [5.74, 6) is 0.311. The molecular formula is C16H15N3O4. The predicted molar refractivity (Wildman–Crippen MR) is 80.2 cm³/mol. The van der Waals surface area contributed by atoms with Crippen LogP contribution in [0.1, 0.15) is 17.0 Å². The summed E-state index contributed by atoms with van der Waals surface area (Å²) in [6.07, 6.45) is 1.66. The van der Waals surface area contributed by atoms with E-state index >= 15 is 0 Å². The van der Waals surface area contributed by atoms with E-state index in [-0.39, 0.29) is 23.7 Å². The van der Waals surface area contributed by atoms with Gasteiger partial charge in [0.15, 0.2) is 0 Å². The van der Waals surface area contributed by atoms with Crippen molar-refractivity contribution >= 4 is 17.5 Å². The van der Waals surface area contributed by atoms with Gasteiger partial charge in [-0.25, -0.2) is 0 Å². The van der Waals surface area contributed by atoms with Crippen LogP contribution in [-0.2, 0) is 4.79 Å². The van der Waals surface area contributed by atoms with E-state index in [0.29, 0.717) is 24.4 Å². The number of hydrogen-bond donors (Lipinski definition) is 0. The van der Waals surface area contributed by atoms with Gasteiger partial charge in [0.2, 0.25) is 11.7 Å². The van der Waals surface area contributed by atoms with Gasteiger partial charge in [0.05, 0.1) is 18.4 Å². The molecule has 2 bridgehead atoms. The van der Waals surface area contributed by atoms with Gasteiger partial charge in [-0.1, -0.05) is 17.3 Å². The maximum absolute atomic E-state index is 12.8. The molecule has 0 N–H and O–H groups in total. The van der Waals surface area contributed by atoms with Gasteiger partial charge in [-0.05, 0) is 12.1 Å². The number of likely N-dealkylation sites (N-methyl/N-ethyl adjacent to an activating group) is 1. The molecule has 0 spiro atoms. The number of para-hydroxylation sites is 2. The average molecular weight is 313 g/mol. The van der Waals surface area contributed by atoms with E-state index in [1.165, 1.54) is 17.2 Å². The van der Waals surface area contributed by atoms with Gasteiger partial charge in [0.25, 0.3) is 5.91 Å². The van der Waals surface area contributed by atoms with Gasteiger partial charge < -0.3 is 19.1 Å². The van der Waals surface area contributed by atoms with Crippen LogP contribution in [0.3, 0.4) is 0 Å². The molecule has 1 aromatic carbocycles. The number of carbonyl (C=O) groups excluding carboxylic acids is 2. The zero-order valence-electron chi connectivity index (χ0n) is 12.5. The van der Waals surface area contributed by atoms with Crippen molar-refractivity contribution in [3.8, 4) is 5.75 Å². The highest BCUT2D eigenvalue weighted by atomic mass is 16.5. The zero-order valence-corrected chi connectivity index (χ0v) is 12.5. The molecule has 2 amide bonds. The van der Waals surface area contributed by atoms with Crippen LogP contribution >= 0.6 is 0 Å². The van der Waals surface area contributed by atoms with E-state index in [1.54, 1.807) is 11.9 Å². The van der Waals surface area contributed by atoms with Crippen LogP contribution in [0.5, 0.6) is 5.75 Å². The summed E-state index contributed by atoms with van der Waals surface area (Å²) in [7, 11) is 1.69. The topological polar surface area (TPSA) is 75.9 Å². The molecule has 1 saturated heterocycles. The Balaban J connectivity index is 1.70. The quantitative estimate of drug-likeness (QED) is 0.793. The van der Waals surface area contributed by atoms with Gasteiger partial charge >= 0.3 is 0 Å². The first-order valence-corrected chi connectivity index (χ1v) is 7.40. The highest BCUT2D eigenvalue weighted by Gasteiger charge is 2.45. The van der Waals surface area contributed by atoms with E-state index in [2.05, 4.69) is 5.16 Å². The number of benzene rings is 1. The lowest BCUT2D eigenvalue weighted by Crippen LogP contribution is -2.46. The first kappa shape index (κ1) is 13.8. The normalized spacial score (nSPS) is 23.1. The maximum atomic E-state index is 12.8. The number of hydrogen-bond acceptors (Lipinski definition) is 5. The van der Waals surface area contributed by atoms with Gasteiger partial charge in [-0.15, -0.1) is 0 Å². The second-order valence-corrected chi connectivity index (χ2v) is 5.69. The smallest absolute Gasteiger partial charge is 0.293 e. The van der Waals surface area contributed by atoms with Crippen molar-refractivity contribution in [3.05, 3.63) is 42.3 Å². The van der Waals surface area contributed by atoms with Crippen LogP contribution in [0.4, 0.5) is 5.69 Å². The molecule has 0 radical (unpaired) electrons. The van der Waals surface area contributed by atoms with Crippen molar-refractivity contribution in [2.24, 2.45) is 0 Å². The zero-order chi connectivity index (χ0) is 16.0. The number of ether oxygens (including phenoxy) is 1. The fourth-order valence-corrected chi connectivity index (χ4v) is 3.16. The summed E-state index contributed by atoms with van der Waals surface area (Å²) in [5, 5.41) is 3.55. The Morgan fingerprint density at radius 2 is 2.13 bits per heavy atom. The fraction of sp³-hybridized carbons (Fsp3) is 0.312. The summed E-state index contributed by atoms with van der Waals surface area (Å²) in [5.41, 5.74) is 0.709. The second kappa shape index (κ2) is 5.12. The lowest BCUT2D eigenvalue weighted by Gasteiger charge is -2.28. The molecular weight excluding hydrogens is 298 g/mol. The van der Waals surface area contributed by atoms with Crippen LogP contribution in [0.25, 0.3) is 0 Å². The third kappa shape index (κ3) is 2.16. The first-order chi connectivity index (χ1) is 11.1. The SMILES string of the molecule is CN1C(=O)[C@@H]2C[C@@H](CN2C(=O)c2ccno2)Oc2ccccc21. The molecule has 0 aliphatic carbocycles. The standard InChI is InChI=1S/C16H15N3O4/c1-18-11-4-2-3-5-13(11)22-10-8-12(15(18)20)19(9-10)16(21)14-6-7-17-23-14/h2-7,10,12H,8-9H2,1H3/t10-,12-/m0/s1. The Morgan fingerprint density at radius 3 is 2.91 bits per heavy atom. The van der Waals surface area contributed by atoms with Crippen molar-refractivity contribution in [2.45, 2.75) is 18.6 Å². The van der Waals surface area contributed by atoms with Crippen molar-refractivity contribution in [1.82, 2.24) is 10.1 Å². The molecule has 1 aromatic heterocycles. The average Bonchev–Trinajstić information content (AvgIpc) is 3.22. The molecule has 2 aromatic rings. The monoisotopic (exact) mass is 313 g/mol. The number of aromatic nitrogens is 1. The van der Waals surface area contributed by atoms with Gasteiger partial charge in [0.1, 0.15) is 17.9 Å². The van der Waals surface area contributed by atoms with Crippen LogP contribution in [0, 0.1) is 0 Å². The van der Waals surface area contributed by atoms with Crippen molar-refractivity contribution in [3.63, 3.8) is 0 Å². The largest absolute Gasteiger partial charge is 0.486 e. The molecule has 7 heteroatoms. The minimum atomic E-state index is -0.559. The van der Waals surface area contributed by atoms with Crippen molar-refractivity contribution < 1.29 is 18.8 Å². The summed E-state index contributed by atoms with van der Waals surface area (Å²) >= 11 is 0. The van der Waals surface area contributed by atoms with Crippen LogP contribution in [0.15, 0.2) is 41.1 Å². The van der Waals surface area contributed by atoms with E-state index < -0.39 is 6.04 Å². The highest BCUT2D eigenvalue weighted by molar-refractivity contribution is 6.02. The summed E-state index contributed by atoms with van der Waals surface area (Å²) < 4.78 is 10.9. The van der Waals surface area contributed by atoms with Crippen LogP contribution < -0.4 is 9.64 Å². The number of nitrogens with zero attached hydrogens (tertiary/aromatic N) is 3. The molecule has 1 fully saturated rings. The summed E-state index contributed by atoms with van der Waals surface area (Å²) in [6.45, 7) is 0.345. The Kier molecular flexibility index (Phi) is 3.07. The molecule has 7 nitrogen and oxygen atoms in total. The van der Waals surface area contributed by atoms with Gasteiger partial charge in [-0.3, -0.25) is 9.59 Å². The molecule has 3 heterocycles. The Hall–Kier alpha value is -2.83. The van der Waals surface area contributed by atoms with E-state index in [9.17, 15) is 9.59 Å². The summed E-state index contributed by atoms with van der Waals surface area (Å²) in [4.78, 5) is 28.5. The van der Waals surface area contributed by atoms with Crippen molar-refractivity contribution in [2.75, 3.05) is 18.5 Å². The molecule has 2 atom stereocenters. The molecule has 4 rings (SSSR count). The predicted octanol–water partition coefficient (Wildman–Crippen LogP) is 1.31. The number of likely N-dealkylation sites (tertiary alicyclic amines) is 1. The Bertz CT molecular complexity index is 758. The second-order valence-electron chi connectivity index (χ2n) is 5.69. The molecule has 2 aliphatic rings. The van der Waals surface area contributed by atoms with Gasteiger partial charge in [-0.2, -0.15) is 0 Å². The third-order valence-corrected chi connectivity index (χ3v) is 4.31. The number of anilines is 1. The lowest BCUT2D eigenvalue weighted by molar-refractivity contribution is -0.122. The third-order valence-electron chi connectivity index (χ3n) is 4.31. The molecule has 23 heavy (non-hydrogen) atoms. The minimum Gasteiger partial charge on any atom is -0.486 e. The van der Waals surface area contributed by atoms with Crippen molar-refractivity contribution in [1.29, 1.82) is 0 Å². The number of rotatable bonds is 1. The molecule has 118 valence electrons. The highest BCUT2D eigenvalue weighted by Crippen LogP contribution is 2.35. The Labute approximate surface area is 132 Å². The Morgan fingerprint density at radius 1 is 1.30 bits per heavy atom. The first-order valence-electron chi connectivity index (χ1n) is 7.40.